The van der Waals surface area contributed by atoms with Crippen LogP contribution in [-0.4, -0.2) is 7.28 Å². The molecule has 0 rings (SSSR count). The van der Waals surface area contributed by atoms with Crippen LogP contribution in [0.4, 0.5) is 0 Å². The largest absolute Gasteiger partial charge is 0.118 e. The average molecular weight is 163 g/mol. The predicted octanol–water partition coefficient (Wildman–Crippen LogP) is 3.85. The molecule has 0 aliphatic carbocycles. The van der Waals surface area contributed by atoms with Crippen molar-refractivity contribution in [3.05, 3.63) is 24.3 Å². The number of hydrogen-bond donors (Lipinski definition) is 0. The molecule has 1 radical (unpaired) electrons. The third-order valence-electron chi connectivity index (χ3n) is 2.10. The summed E-state index contributed by atoms with van der Waals surface area (Å²) in [6.45, 7) is 10.3. The average Bonchev–Trinajstić information content (AvgIpc) is 2.10. The van der Waals surface area contributed by atoms with Gasteiger partial charge in [0.1, 0.15) is 7.28 Å². The third-order valence-corrected chi connectivity index (χ3v) is 2.10. The van der Waals surface area contributed by atoms with Crippen LogP contribution >= 0.6 is 0 Å². The molecule has 0 N–H and O–H groups in total. The number of hydrogen-bond acceptors (Lipinski definition) is 0. The van der Waals surface area contributed by atoms with Crippen molar-refractivity contribution in [1.29, 1.82) is 0 Å². The Morgan fingerprint density at radius 3 is 2.75 bits per heavy atom. The minimum atomic E-state index is 0.685. The molecule has 0 nitrogen and oxygen atoms in total. The number of allylic oxidation sites excluding steroid dienone is 3. The monoisotopic (exact) mass is 163 g/mol. The summed E-state index contributed by atoms with van der Waals surface area (Å²) in [5, 5.41) is 0. The lowest BCUT2D eigenvalue weighted by molar-refractivity contribution is 0.915. The maximum absolute atomic E-state index is 3.70. The summed E-state index contributed by atoms with van der Waals surface area (Å²) in [7, 11) is 2.31. The summed E-state index contributed by atoms with van der Waals surface area (Å²) in [6, 6.07) is 0. The Balaban J connectivity index is 3.54. The van der Waals surface area contributed by atoms with E-state index in [0.29, 0.717) is 5.82 Å². The van der Waals surface area contributed by atoms with E-state index in [1.807, 2.05) is 6.08 Å². The van der Waals surface area contributed by atoms with Crippen LogP contribution in [0.25, 0.3) is 0 Å². The van der Waals surface area contributed by atoms with Crippen molar-refractivity contribution in [2.45, 2.75) is 45.8 Å². The van der Waals surface area contributed by atoms with E-state index in [0.717, 1.165) is 6.32 Å². The molecule has 0 saturated carbocycles. The van der Waals surface area contributed by atoms with E-state index in [4.69, 9.17) is 0 Å². The molecule has 0 spiro atoms. The van der Waals surface area contributed by atoms with Crippen molar-refractivity contribution >= 4 is 7.28 Å². The van der Waals surface area contributed by atoms with E-state index in [9.17, 15) is 0 Å². The zero-order chi connectivity index (χ0) is 9.40. The second-order valence-corrected chi connectivity index (χ2v) is 3.38. The van der Waals surface area contributed by atoms with Gasteiger partial charge in [0.15, 0.2) is 0 Å². The molecule has 12 heavy (non-hydrogen) atoms. The minimum Gasteiger partial charge on any atom is -0.104 e. The molecule has 0 aromatic heterocycles. The Hall–Kier alpha value is -0.455. The molecule has 0 aromatic carbocycles. The maximum atomic E-state index is 3.70. The van der Waals surface area contributed by atoms with Crippen LogP contribution in [0.2, 0.25) is 12.1 Å². The van der Waals surface area contributed by atoms with E-state index in [1.54, 1.807) is 0 Å². The van der Waals surface area contributed by atoms with E-state index in [-0.39, 0.29) is 0 Å². The van der Waals surface area contributed by atoms with Gasteiger partial charge < -0.3 is 0 Å². The van der Waals surface area contributed by atoms with Crippen LogP contribution in [0.3, 0.4) is 0 Å². The van der Waals surface area contributed by atoms with Crippen LogP contribution < -0.4 is 0 Å². The fourth-order valence-electron chi connectivity index (χ4n) is 0.956. The van der Waals surface area contributed by atoms with Gasteiger partial charge in [0, 0.05) is 0 Å². The van der Waals surface area contributed by atoms with Crippen molar-refractivity contribution in [3.8, 4) is 0 Å². The van der Waals surface area contributed by atoms with Crippen molar-refractivity contribution in [2.24, 2.45) is 0 Å². The van der Waals surface area contributed by atoms with Crippen molar-refractivity contribution < 1.29 is 0 Å². The summed E-state index contributed by atoms with van der Waals surface area (Å²) < 4.78 is 0. The minimum absolute atomic E-state index is 0.685. The van der Waals surface area contributed by atoms with Gasteiger partial charge in [-0.1, -0.05) is 43.7 Å². The molecule has 0 aromatic rings. The molecule has 0 amide bonds. The van der Waals surface area contributed by atoms with Crippen LogP contribution in [0, 0.1) is 0 Å². The lowest BCUT2D eigenvalue weighted by atomic mass is 9.61. The molecule has 0 aliphatic heterocycles. The first kappa shape index (κ1) is 11.5. The van der Waals surface area contributed by atoms with Gasteiger partial charge in [0.05, 0.1) is 0 Å². The van der Waals surface area contributed by atoms with Gasteiger partial charge in [0.25, 0.3) is 0 Å². The second-order valence-electron chi connectivity index (χ2n) is 3.38. The lowest BCUT2D eigenvalue weighted by Crippen LogP contribution is -1.96. The summed E-state index contributed by atoms with van der Waals surface area (Å²) >= 11 is 0. The Kier molecular flexibility index (Phi) is 6.93. The first-order valence-electron chi connectivity index (χ1n) is 4.80. The van der Waals surface area contributed by atoms with Crippen molar-refractivity contribution in [2.75, 3.05) is 0 Å². The highest BCUT2D eigenvalue weighted by molar-refractivity contribution is 6.38. The zero-order valence-electron chi connectivity index (χ0n) is 8.64. The molecule has 0 fully saturated rings. The molecule has 1 atom stereocenters. The highest BCUT2D eigenvalue weighted by atomic mass is 13.9. The molecule has 0 saturated heterocycles. The smallest absolute Gasteiger partial charge is 0.104 e. The Morgan fingerprint density at radius 1 is 1.58 bits per heavy atom. The maximum Gasteiger partial charge on any atom is 0.118 e. The molecule has 67 valence electrons. The molecular weight excluding hydrogens is 143 g/mol. The summed E-state index contributed by atoms with van der Waals surface area (Å²) in [6.07, 6.45) is 7.67. The fourth-order valence-corrected chi connectivity index (χ4v) is 0.956. The van der Waals surface area contributed by atoms with Crippen LogP contribution in [0.5, 0.6) is 0 Å². The first-order valence-corrected chi connectivity index (χ1v) is 4.80. The molecule has 0 heterocycles. The van der Waals surface area contributed by atoms with Gasteiger partial charge in [-0.2, -0.15) is 0 Å². The quantitative estimate of drug-likeness (QED) is 0.412. The topological polar surface area (TPSA) is 0 Å². The number of rotatable bonds is 6. The van der Waals surface area contributed by atoms with E-state index in [2.05, 4.69) is 40.7 Å². The van der Waals surface area contributed by atoms with Gasteiger partial charge in [-0.25, -0.2) is 0 Å². The Bertz CT molecular complexity index is 147. The molecule has 0 bridgehead atoms. The predicted molar refractivity (Wildman–Crippen MR) is 58.8 cm³/mol. The summed E-state index contributed by atoms with van der Waals surface area (Å²) in [4.78, 5) is 0. The third kappa shape index (κ3) is 6.27. The Morgan fingerprint density at radius 2 is 2.25 bits per heavy atom. The summed E-state index contributed by atoms with van der Waals surface area (Å²) in [5.74, 6) is 0.685. The zero-order valence-corrected chi connectivity index (χ0v) is 8.64. The molecule has 0 aliphatic rings. The second kappa shape index (κ2) is 7.21. The lowest BCUT2D eigenvalue weighted by Gasteiger charge is -2.05. The van der Waals surface area contributed by atoms with Crippen LogP contribution in [0.15, 0.2) is 24.3 Å². The first-order chi connectivity index (χ1) is 5.70. The normalized spacial score (nSPS) is 14.1. The van der Waals surface area contributed by atoms with E-state index >= 15 is 0 Å². The van der Waals surface area contributed by atoms with Crippen LogP contribution in [0.1, 0.15) is 33.6 Å². The molecule has 1 heteroatoms. The fraction of sp³-hybridized carbons (Fsp3) is 0.636. The van der Waals surface area contributed by atoms with Crippen molar-refractivity contribution in [3.63, 3.8) is 0 Å². The molecule has 1 unspecified atom stereocenters. The highest BCUT2D eigenvalue weighted by Crippen LogP contribution is 2.12. The highest BCUT2D eigenvalue weighted by Gasteiger charge is 1.99. The van der Waals surface area contributed by atoms with E-state index in [1.165, 1.54) is 18.4 Å². The van der Waals surface area contributed by atoms with Gasteiger partial charge >= 0.3 is 0 Å². The van der Waals surface area contributed by atoms with Gasteiger partial charge in [-0.15, -0.1) is 6.58 Å². The summed E-state index contributed by atoms with van der Waals surface area (Å²) in [5.41, 5.74) is 1.49. The van der Waals surface area contributed by atoms with Gasteiger partial charge in [-0.05, 0) is 19.8 Å². The SMILES string of the molecule is C=CC[B]C(C)C/C=C(/C)CC. The van der Waals surface area contributed by atoms with E-state index < -0.39 is 0 Å². The standard InChI is InChI=1S/C11H20B/c1-5-9-12-11(4)8-7-10(3)6-2/h5,7,11H,1,6,8-9H2,2-4H3/b10-7-. The van der Waals surface area contributed by atoms with Gasteiger partial charge in [0.2, 0.25) is 0 Å². The van der Waals surface area contributed by atoms with Crippen molar-refractivity contribution in [1.82, 2.24) is 0 Å². The Labute approximate surface area is 78.0 Å². The van der Waals surface area contributed by atoms with Crippen LogP contribution in [-0.2, 0) is 0 Å². The molecular formula is C11H20B. The van der Waals surface area contributed by atoms with Gasteiger partial charge in [-0.3, -0.25) is 0 Å².